The zero-order chi connectivity index (χ0) is 17.9. The first-order chi connectivity index (χ1) is 12.2. The van der Waals surface area contributed by atoms with E-state index in [4.69, 9.17) is 27.9 Å². The average Bonchev–Trinajstić information content (AvgIpc) is 3.09. The fourth-order valence-electron chi connectivity index (χ4n) is 2.51. The van der Waals surface area contributed by atoms with Gasteiger partial charge in [0.15, 0.2) is 0 Å². The maximum atomic E-state index is 6.20. The van der Waals surface area contributed by atoms with Crippen molar-refractivity contribution in [3.8, 4) is 5.75 Å². The van der Waals surface area contributed by atoms with Gasteiger partial charge in [-0.2, -0.15) is 11.8 Å². The molecule has 2 aromatic rings. The number of halogens is 2. The maximum absolute atomic E-state index is 6.20. The van der Waals surface area contributed by atoms with Crippen molar-refractivity contribution in [2.24, 2.45) is 0 Å². The largest absolute Gasteiger partial charge is 0.491 e. The highest BCUT2D eigenvalue weighted by Crippen LogP contribution is 2.28. The topological polar surface area (TPSA) is 27.1 Å². The Kier molecular flexibility index (Phi) is 9.59. The highest BCUT2D eigenvalue weighted by Gasteiger charge is 2.13. The molecule has 25 heavy (non-hydrogen) atoms. The normalized spacial score (nSPS) is 12.3. The minimum atomic E-state index is 0.354. The van der Waals surface area contributed by atoms with E-state index in [1.54, 1.807) is 12.1 Å². The molecular weight excluding hydrogens is 375 g/mol. The van der Waals surface area contributed by atoms with E-state index < -0.39 is 0 Å². The molecule has 2 rings (SSSR count). The van der Waals surface area contributed by atoms with E-state index in [1.165, 1.54) is 32.1 Å². The molecule has 0 amide bonds. The Bertz CT molecular complexity index is 607. The van der Waals surface area contributed by atoms with Gasteiger partial charge in [-0.15, -0.1) is 0 Å². The summed E-state index contributed by atoms with van der Waals surface area (Å²) in [4.78, 5) is 4.12. The summed E-state index contributed by atoms with van der Waals surface area (Å²) in [7, 11) is 0. The summed E-state index contributed by atoms with van der Waals surface area (Å²) in [6.45, 7) is 3.74. The molecule has 0 aliphatic carbocycles. The summed E-state index contributed by atoms with van der Waals surface area (Å²) in [6.07, 6.45) is 12.2. The number of thioether (sulfide) groups is 1. The van der Waals surface area contributed by atoms with Gasteiger partial charge in [0, 0.05) is 24.0 Å². The summed E-state index contributed by atoms with van der Waals surface area (Å²) in [5.41, 5.74) is 0. The molecule has 0 fully saturated rings. The quantitative estimate of drug-likeness (QED) is 0.388. The minimum Gasteiger partial charge on any atom is -0.491 e. The molecule has 1 aromatic heterocycles. The Morgan fingerprint density at radius 1 is 1.20 bits per heavy atom. The Hall–Kier alpha value is -0.840. The number of aromatic nitrogens is 2. The third-order valence-electron chi connectivity index (χ3n) is 3.89. The Morgan fingerprint density at radius 3 is 2.76 bits per heavy atom. The fourth-order valence-corrected chi connectivity index (χ4v) is 4.12. The van der Waals surface area contributed by atoms with Crippen LogP contribution in [0.5, 0.6) is 5.75 Å². The predicted molar refractivity (Wildman–Crippen MR) is 109 cm³/mol. The van der Waals surface area contributed by atoms with Crippen LogP contribution in [-0.2, 0) is 6.54 Å². The van der Waals surface area contributed by atoms with Crippen molar-refractivity contribution in [1.29, 1.82) is 0 Å². The molecular formula is C19H26Cl2N2OS. The molecule has 0 saturated heterocycles. The van der Waals surface area contributed by atoms with Gasteiger partial charge in [0.2, 0.25) is 0 Å². The van der Waals surface area contributed by atoms with Crippen LogP contribution in [0.3, 0.4) is 0 Å². The van der Waals surface area contributed by atoms with Crippen molar-refractivity contribution in [1.82, 2.24) is 9.55 Å². The Labute approximate surface area is 165 Å². The van der Waals surface area contributed by atoms with Gasteiger partial charge in [-0.25, -0.2) is 4.98 Å². The van der Waals surface area contributed by atoms with Crippen LogP contribution in [0.2, 0.25) is 10.0 Å². The number of benzene rings is 1. The number of unbranched alkanes of at least 4 members (excludes halogenated alkanes) is 4. The van der Waals surface area contributed by atoms with Gasteiger partial charge in [0.25, 0.3) is 0 Å². The molecule has 3 nitrogen and oxygen atoms in total. The van der Waals surface area contributed by atoms with Crippen LogP contribution >= 0.6 is 35.0 Å². The number of hydrogen-bond donors (Lipinski definition) is 0. The monoisotopic (exact) mass is 400 g/mol. The predicted octanol–water partition coefficient (Wildman–Crippen LogP) is 6.34. The number of ether oxygens (including phenoxy) is 1. The van der Waals surface area contributed by atoms with Crippen LogP contribution < -0.4 is 4.74 Å². The molecule has 0 spiro atoms. The van der Waals surface area contributed by atoms with Crippen molar-refractivity contribution in [2.75, 3.05) is 12.4 Å². The number of hydrogen-bond acceptors (Lipinski definition) is 3. The fraction of sp³-hybridized carbons (Fsp3) is 0.526. The van der Waals surface area contributed by atoms with Crippen LogP contribution in [0.1, 0.15) is 39.0 Å². The zero-order valence-electron chi connectivity index (χ0n) is 14.7. The molecule has 0 N–H and O–H groups in total. The molecule has 0 bridgehead atoms. The lowest BCUT2D eigenvalue weighted by Crippen LogP contribution is -2.21. The molecule has 0 radical (unpaired) electrons. The Balaban J connectivity index is 1.83. The van der Waals surface area contributed by atoms with E-state index in [-0.39, 0.29) is 0 Å². The SMILES string of the molecule is CCCCCCCSC(COc1ccc(Cl)cc1Cl)Cn1ccnc1. The standard InChI is InChI=1S/C19H26Cl2N2OS/c1-2-3-4-5-6-11-25-17(13-23-10-9-22-15-23)14-24-19-8-7-16(20)12-18(19)21/h7-10,12,15,17H,2-6,11,13-14H2,1H3. The first-order valence-corrected chi connectivity index (χ1v) is 10.6. The molecule has 1 aromatic carbocycles. The highest BCUT2D eigenvalue weighted by molar-refractivity contribution is 7.99. The van der Waals surface area contributed by atoms with E-state index in [0.29, 0.717) is 27.7 Å². The van der Waals surface area contributed by atoms with Crippen LogP contribution in [-0.4, -0.2) is 27.2 Å². The van der Waals surface area contributed by atoms with E-state index in [0.717, 1.165) is 12.3 Å². The molecule has 0 aliphatic rings. The second-order valence-corrected chi connectivity index (χ2v) is 8.30. The van der Waals surface area contributed by atoms with Gasteiger partial charge in [-0.3, -0.25) is 0 Å². The van der Waals surface area contributed by atoms with Crippen LogP contribution in [0.15, 0.2) is 36.9 Å². The number of imidazole rings is 1. The van der Waals surface area contributed by atoms with Crippen molar-refractivity contribution >= 4 is 35.0 Å². The van der Waals surface area contributed by atoms with Crippen LogP contribution in [0.4, 0.5) is 0 Å². The van der Waals surface area contributed by atoms with Crippen LogP contribution in [0, 0.1) is 0 Å². The third-order valence-corrected chi connectivity index (χ3v) is 5.71. The highest BCUT2D eigenvalue weighted by atomic mass is 35.5. The van der Waals surface area contributed by atoms with Gasteiger partial charge < -0.3 is 9.30 Å². The van der Waals surface area contributed by atoms with Gasteiger partial charge in [-0.05, 0) is 30.4 Å². The molecule has 6 heteroatoms. The second kappa shape index (κ2) is 11.7. The van der Waals surface area contributed by atoms with Gasteiger partial charge >= 0.3 is 0 Å². The van der Waals surface area contributed by atoms with E-state index in [1.807, 2.05) is 36.5 Å². The first kappa shape index (κ1) is 20.5. The zero-order valence-corrected chi connectivity index (χ0v) is 17.0. The van der Waals surface area contributed by atoms with Gasteiger partial charge in [-0.1, -0.05) is 55.8 Å². The number of nitrogens with zero attached hydrogens (tertiary/aromatic N) is 2. The average molecular weight is 401 g/mol. The van der Waals surface area contributed by atoms with E-state index in [2.05, 4.69) is 16.5 Å². The van der Waals surface area contributed by atoms with Gasteiger partial charge in [0.05, 0.1) is 16.6 Å². The smallest absolute Gasteiger partial charge is 0.138 e. The minimum absolute atomic E-state index is 0.354. The lowest BCUT2D eigenvalue weighted by Gasteiger charge is -2.18. The van der Waals surface area contributed by atoms with E-state index in [9.17, 15) is 0 Å². The molecule has 0 aliphatic heterocycles. The number of rotatable bonds is 12. The van der Waals surface area contributed by atoms with E-state index >= 15 is 0 Å². The Morgan fingerprint density at radius 2 is 2.04 bits per heavy atom. The van der Waals surface area contributed by atoms with Gasteiger partial charge in [0.1, 0.15) is 12.4 Å². The van der Waals surface area contributed by atoms with Crippen molar-refractivity contribution in [3.05, 3.63) is 47.0 Å². The summed E-state index contributed by atoms with van der Waals surface area (Å²) in [6, 6.07) is 5.34. The van der Waals surface area contributed by atoms with Crippen molar-refractivity contribution in [3.63, 3.8) is 0 Å². The summed E-state index contributed by atoms with van der Waals surface area (Å²) in [5, 5.41) is 1.53. The molecule has 1 atom stereocenters. The molecule has 1 unspecified atom stereocenters. The summed E-state index contributed by atoms with van der Waals surface area (Å²) < 4.78 is 8.05. The summed E-state index contributed by atoms with van der Waals surface area (Å²) in [5.74, 6) is 1.84. The molecule has 1 heterocycles. The van der Waals surface area contributed by atoms with Crippen molar-refractivity contribution < 1.29 is 4.74 Å². The van der Waals surface area contributed by atoms with Crippen LogP contribution in [0.25, 0.3) is 0 Å². The lowest BCUT2D eigenvalue weighted by molar-refractivity contribution is 0.308. The first-order valence-electron chi connectivity index (χ1n) is 8.84. The molecule has 0 saturated carbocycles. The van der Waals surface area contributed by atoms with Crippen molar-refractivity contribution in [2.45, 2.75) is 50.8 Å². The molecule has 138 valence electrons. The third kappa shape index (κ3) is 7.93. The second-order valence-electron chi connectivity index (χ2n) is 6.05. The lowest BCUT2D eigenvalue weighted by atomic mass is 10.2. The maximum Gasteiger partial charge on any atom is 0.138 e. The summed E-state index contributed by atoms with van der Waals surface area (Å²) >= 11 is 14.1.